The molecule has 1 aliphatic heterocycles. The molecule has 0 bridgehead atoms. The van der Waals surface area contributed by atoms with Gasteiger partial charge in [0.1, 0.15) is 12.0 Å². The Morgan fingerprint density at radius 3 is 2.65 bits per heavy atom. The topological polar surface area (TPSA) is 29.5 Å². The number of ether oxygens (including phenoxy) is 1. The first-order valence-corrected chi connectivity index (χ1v) is 9.20. The lowest BCUT2D eigenvalue weighted by molar-refractivity contribution is -0.137. The summed E-state index contributed by atoms with van der Waals surface area (Å²) >= 11 is 1.46. The third kappa shape index (κ3) is 4.59. The fraction of sp³-hybridized carbons (Fsp3) is 0.316. The Morgan fingerprint density at radius 1 is 1.15 bits per heavy atom. The Morgan fingerprint density at radius 2 is 1.92 bits per heavy atom. The summed E-state index contributed by atoms with van der Waals surface area (Å²) in [5.74, 6) is 0.471. The molecule has 138 valence electrons. The average Bonchev–Trinajstić information content (AvgIpc) is 3.12. The quantitative estimate of drug-likeness (QED) is 0.764. The van der Waals surface area contributed by atoms with Crippen molar-refractivity contribution in [3.05, 3.63) is 71.3 Å². The van der Waals surface area contributed by atoms with E-state index in [4.69, 9.17) is 4.74 Å². The molecule has 2 aromatic rings. The molecule has 2 aromatic carbocycles. The molecule has 26 heavy (non-hydrogen) atoms. The van der Waals surface area contributed by atoms with Gasteiger partial charge < -0.3 is 9.64 Å². The molecule has 1 heterocycles. The molecule has 3 nitrogen and oxygen atoms in total. The summed E-state index contributed by atoms with van der Waals surface area (Å²) in [6, 6.07) is 14.7. The summed E-state index contributed by atoms with van der Waals surface area (Å²) in [4.78, 5) is 14.1. The minimum absolute atomic E-state index is 0.0923. The minimum Gasteiger partial charge on any atom is -0.367 e. The number of halogens is 3. The molecule has 7 heteroatoms. The highest BCUT2D eigenvalue weighted by molar-refractivity contribution is 7.99. The number of alkyl halides is 3. The van der Waals surface area contributed by atoms with E-state index in [0.29, 0.717) is 24.5 Å². The highest BCUT2D eigenvalue weighted by atomic mass is 32.2. The Hall–Kier alpha value is -1.99. The molecule has 0 radical (unpaired) electrons. The highest BCUT2D eigenvalue weighted by Crippen LogP contribution is 2.40. The van der Waals surface area contributed by atoms with Crippen LogP contribution < -0.4 is 0 Å². The van der Waals surface area contributed by atoms with Crippen LogP contribution in [0.5, 0.6) is 0 Å². The Kier molecular flexibility index (Phi) is 5.88. The van der Waals surface area contributed by atoms with Gasteiger partial charge in [-0.1, -0.05) is 42.5 Å². The van der Waals surface area contributed by atoms with Crippen molar-refractivity contribution < 1.29 is 22.7 Å². The molecule has 0 aliphatic carbocycles. The van der Waals surface area contributed by atoms with E-state index in [2.05, 4.69) is 0 Å². The van der Waals surface area contributed by atoms with Gasteiger partial charge in [0, 0.05) is 12.3 Å². The van der Waals surface area contributed by atoms with E-state index in [0.717, 1.165) is 17.7 Å². The third-order valence-electron chi connectivity index (χ3n) is 4.05. The van der Waals surface area contributed by atoms with Gasteiger partial charge in [-0.3, -0.25) is 4.79 Å². The molecule has 1 fully saturated rings. The maximum atomic E-state index is 12.9. The van der Waals surface area contributed by atoms with Gasteiger partial charge in [-0.25, -0.2) is 0 Å². The van der Waals surface area contributed by atoms with Gasteiger partial charge in [-0.05, 0) is 23.3 Å². The van der Waals surface area contributed by atoms with Gasteiger partial charge in [0.05, 0.1) is 12.2 Å². The maximum absolute atomic E-state index is 12.9. The number of amides is 1. The first-order chi connectivity index (χ1) is 12.4. The highest BCUT2D eigenvalue weighted by Gasteiger charge is 2.34. The van der Waals surface area contributed by atoms with E-state index in [1.807, 2.05) is 30.3 Å². The van der Waals surface area contributed by atoms with Crippen LogP contribution in [0, 0.1) is 0 Å². The summed E-state index contributed by atoms with van der Waals surface area (Å²) in [6.45, 7) is 0.728. The van der Waals surface area contributed by atoms with E-state index in [1.54, 1.807) is 11.0 Å². The Balaban J connectivity index is 1.63. The van der Waals surface area contributed by atoms with Crippen LogP contribution in [-0.4, -0.2) is 29.7 Å². The number of thioether (sulfide) groups is 1. The standard InChI is InChI=1S/C19H18F3NO2S/c20-19(21,22)16-8-4-7-15(11-16)18-23(9-10-26-18)17(24)13-25-12-14-5-2-1-3-6-14/h1-8,11,18H,9-10,12-13H2/t18-/m1/s1. The number of carbonyl (C=O) groups is 1. The summed E-state index contributed by atoms with van der Waals surface area (Å²) < 4.78 is 44.3. The normalized spacial score (nSPS) is 17.5. The van der Waals surface area contributed by atoms with Gasteiger partial charge in [-0.15, -0.1) is 11.8 Å². The SMILES string of the molecule is O=C(COCc1ccccc1)N1CCS[C@@H]1c1cccc(C(F)(F)F)c1. The smallest absolute Gasteiger partial charge is 0.367 e. The molecule has 0 N–H and O–H groups in total. The van der Waals surface area contributed by atoms with E-state index < -0.39 is 17.1 Å². The van der Waals surface area contributed by atoms with Crippen molar-refractivity contribution in [3.63, 3.8) is 0 Å². The monoisotopic (exact) mass is 381 g/mol. The zero-order valence-corrected chi connectivity index (χ0v) is 14.7. The number of hydrogen-bond acceptors (Lipinski definition) is 3. The van der Waals surface area contributed by atoms with Crippen molar-refractivity contribution in [2.24, 2.45) is 0 Å². The lowest BCUT2D eigenvalue weighted by Crippen LogP contribution is -2.33. The fourth-order valence-corrected chi connectivity index (χ4v) is 4.05. The second-order valence-electron chi connectivity index (χ2n) is 5.91. The van der Waals surface area contributed by atoms with Crippen LogP contribution in [-0.2, 0) is 22.3 Å². The number of benzene rings is 2. The molecule has 0 spiro atoms. The first kappa shape index (κ1) is 18.8. The van der Waals surface area contributed by atoms with Crippen molar-refractivity contribution in [1.29, 1.82) is 0 Å². The van der Waals surface area contributed by atoms with Gasteiger partial charge in [0.2, 0.25) is 5.91 Å². The fourth-order valence-electron chi connectivity index (χ4n) is 2.78. The molecule has 1 amide bonds. The number of hydrogen-bond donors (Lipinski definition) is 0. The van der Waals surface area contributed by atoms with E-state index in [9.17, 15) is 18.0 Å². The summed E-state index contributed by atoms with van der Waals surface area (Å²) in [5, 5.41) is -0.412. The number of carbonyl (C=O) groups excluding carboxylic acids is 1. The lowest BCUT2D eigenvalue weighted by Gasteiger charge is -2.24. The van der Waals surface area contributed by atoms with Crippen molar-refractivity contribution >= 4 is 17.7 Å². The zero-order chi connectivity index (χ0) is 18.6. The van der Waals surface area contributed by atoms with Gasteiger partial charge in [-0.2, -0.15) is 13.2 Å². The van der Waals surface area contributed by atoms with Crippen molar-refractivity contribution in [2.75, 3.05) is 18.9 Å². The van der Waals surface area contributed by atoms with Crippen LogP contribution in [0.1, 0.15) is 22.1 Å². The Labute approximate surface area is 154 Å². The molecular weight excluding hydrogens is 363 g/mol. The minimum atomic E-state index is -4.40. The molecule has 0 saturated carbocycles. The molecule has 1 saturated heterocycles. The van der Waals surface area contributed by atoms with Crippen LogP contribution in [0.4, 0.5) is 13.2 Å². The lowest BCUT2D eigenvalue weighted by atomic mass is 10.1. The van der Waals surface area contributed by atoms with Crippen LogP contribution in [0.2, 0.25) is 0 Å². The predicted octanol–water partition coefficient (Wildman–Crippen LogP) is 4.50. The maximum Gasteiger partial charge on any atom is 0.416 e. The summed E-state index contributed by atoms with van der Waals surface area (Å²) in [7, 11) is 0. The molecule has 3 rings (SSSR count). The van der Waals surface area contributed by atoms with Crippen molar-refractivity contribution in [2.45, 2.75) is 18.2 Å². The third-order valence-corrected chi connectivity index (χ3v) is 5.31. The summed E-state index contributed by atoms with van der Waals surface area (Å²) in [5.41, 5.74) is 0.750. The van der Waals surface area contributed by atoms with Crippen LogP contribution in [0.25, 0.3) is 0 Å². The molecule has 1 aliphatic rings. The summed E-state index contributed by atoms with van der Waals surface area (Å²) in [6.07, 6.45) is -4.40. The van der Waals surface area contributed by atoms with Gasteiger partial charge >= 0.3 is 6.18 Å². The zero-order valence-electron chi connectivity index (χ0n) is 13.9. The average molecular weight is 381 g/mol. The van der Waals surface area contributed by atoms with E-state index >= 15 is 0 Å². The van der Waals surface area contributed by atoms with E-state index in [1.165, 1.54) is 17.8 Å². The predicted molar refractivity (Wildman–Crippen MR) is 94.5 cm³/mol. The van der Waals surface area contributed by atoms with E-state index in [-0.39, 0.29) is 12.5 Å². The first-order valence-electron chi connectivity index (χ1n) is 8.15. The van der Waals surface area contributed by atoms with Gasteiger partial charge in [0.25, 0.3) is 0 Å². The van der Waals surface area contributed by atoms with Crippen LogP contribution >= 0.6 is 11.8 Å². The van der Waals surface area contributed by atoms with Crippen molar-refractivity contribution in [3.8, 4) is 0 Å². The Bertz CT molecular complexity index is 752. The molecule has 0 aromatic heterocycles. The molecule has 1 atom stereocenters. The molecule has 0 unspecified atom stereocenters. The second-order valence-corrected chi connectivity index (χ2v) is 7.10. The molecular formula is C19H18F3NO2S. The van der Waals surface area contributed by atoms with Crippen LogP contribution in [0.15, 0.2) is 54.6 Å². The van der Waals surface area contributed by atoms with Crippen molar-refractivity contribution in [1.82, 2.24) is 4.90 Å². The largest absolute Gasteiger partial charge is 0.416 e. The van der Waals surface area contributed by atoms with Gasteiger partial charge in [0.15, 0.2) is 0 Å². The van der Waals surface area contributed by atoms with Crippen LogP contribution in [0.3, 0.4) is 0 Å². The second kappa shape index (κ2) is 8.14. The number of nitrogens with zero attached hydrogens (tertiary/aromatic N) is 1. The number of rotatable bonds is 5.